The standard InChI is InChI=1S/C27H28Cl3N3O4S/c1-3-25(27(35)31-4-2)32(17-19-10-11-21(29)16-24(19)30)26(34)18-33(22-14-12-20(28)13-15-22)38(36,37)23-8-6-5-7-9-23/h5-16,25H,3-4,17-18H2,1-2H3,(H,31,35)/t25-/m0/s1. The van der Waals surface area contributed by atoms with Gasteiger partial charge in [0.05, 0.1) is 10.6 Å². The number of nitrogens with one attached hydrogen (secondary N) is 1. The van der Waals surface area contributed by atoms with E-state index in [0.29, 0.717) is 33.6 Å². The fourth-order valence-corrected chi connectivity index (χ4v) is 5.93. The molecule has 3 aromatic rings. The summed E-state index contributed by atoms with van der Waals surface area (Å²) in [6, 6.07) is 18.0. The number of hydrogen-bond acceptors (Lipinski definition) is 4. The topological polar surface area (TPSA) is 86.8 Å². The van der Waals surface area contributed by atoms with Gasteiger partial charge in [-0.05, 0) is 67.4 Å². The van der Waals surface area contributed by atoms with Crippen LogP contribution in [-0.2, 0) is 26.2 Å². The van der Waals surface area contributed by atoms with E-state index in [1.54, 1.807) is 62.4 Å². The van der Waals surface area contributed by atoms with E-state index in [4.69, 9.17) is 34.8 Å². The molecule has 3 aromatic carbocycles. The van der Waals surface area contributed by atoms with Gasteiger partial charge in [-0.3, -0.25) is 13.9 Å². The number of amides is 2. The molecule has 0 aliphatic carbocycles. The lowest BCUT2D eigenvalue weighted by molar-refractivity contribution is -0.140. The van der Waals surface area contributed by atoms with Gasteiger partial charge in [0.15, 0.2) is 0 Å². The molecule has 0 saturated heterocycles. The number of halogens is 3. The van der Waals surface area contributed by atoms with Crippen LogP contribution in [0.15, 0.2) is 77.7 Å². The summed E-state index contributed by atoms with van der Waals surface area (Å²) in [5.41, 5.74) is 0.818. The van der Waals surface area contributed by atoms with Gasteiger partial charge in [-0.1, -0.05) is 66.0 Å². The Bertz CT molecular complexity index is 1370. The van der Waals surface area contributed by atoms with Crippen LogP contribution in [0.5, 0.6) is 0 Å². The van der Waals surface area contributed by atoms with Crippen LogP contribution in [0.1, 0.15) is 25.8 Å². The summed E-state index contributed by atoms with van der Waals surface area (Å²) in [6.45, 7) is 3.35. The molecule has 0 aromatic heterocycles. The maximum atomic E-state index is 13.9. The molecular formula is C27H28Cl3N3O4S. The van der Waals surface area contributed by atoms with Crippen LogP contribution in [0.4, 0.5) is 5.69 Å². The predicted octanol–water partition coefficient (Wildman–Crippen LogP) is 5.79. The van der Waals surface area contributed by atoms with Crippen LogP contribution in [-0.4, -0.2) is 44.3 Å². The van der Waals surface area contributed by atoms with Crippen LogP contribution in [0.2, 0.25) is 15.1 Å². The fraction of sp³-hybridized carbons (Fsp3) is 0.259. The number of nitrogens with zero attached hydrogens (tertiary/aromatic N) is 2. The quantitative estimate of drug-likeness (QED) is 0.304. The van der Waals surface area contributed by atoms with Gasteiger partial charge < -0.3 is 10.2 Å². The zero-order valence-corrected chi connectivity index (χ0v) is 24.0. The van der Waals surface area contributed by atoms with Crippen molar-refractivity contribution in [1.82, 2.24) is 10.2 Å². The molecule has 11 heteroatoms. The Morgan fingerprint density at radius 3 is 2.11 bits per heavy atom. The zero-order valence-electron chi connectivity index (χ0n) is 20.9. The van der Waals surface area contributed by atoms with Crippen molar-refractivity contribution in [3.8, 4) is 0 Å². The Kier molecular flexibility index (Phi) is 10.4. The zero-order chi connectivity index (χ0) is 27.9. The number of carbonyl (C=O) groups excluding carboxylic acids is 2. The summed E-state index contributed by atoms with van der Waals surface area (Å²) < 4.78 is 28.4. The molecular weight excluding hydrogens is 569 g/mol. The molecule has 0 aliphatic heterocycles. The highest BCUT2D eigenvalue weighted by Gasteiger charge is 2.33. The lowest BCUT2D eigenvalue weighted by Crippen LogP contribution is -2.52. The van der Waals surface area contributed by atoms with Crippen molar-refractivity contribution in [2.75, 3.05) is 17.4 Å². The molecule has 0 unspecified atom stereocenters. The summed E-state index contributed by atoms with van der Waals surface area (Å²) in [5.74, 6) is -0.930. The Morgan fingerprint density at radius 1 is 0.895 bits per heavy atom. The molecule has 0 aliphatic rings. The smallest absolute Gasteiger partial charge is 0.264 e. The van der Waals surface area contributed by atoms with Crippen molar-refractivity contribution < 1.29 is 18.0 Å². The third kappa shape index (κ3) is 7.20. The molecule has 0 bridgehead atoms. The second-order valence-corrected chi connectivity index (χ2v) is 11.5. The SMILES string of the molecule is CCNC(=O)[C@H](CC)N(Cc1ccc(Cl)cc1Cl)C(=O)CN(c1ccc(Cl)cc1)S(=O)(=O)c1ccccc1. The maximum absolute atomic E-state index is 13.9. The normalized spacial score (nSPS) is 12.0. The molecule has 0 radical (unpaired) electrons. The Balaban J connectivity index is 2.06. The van der Waals surface area contributed by atoms with E-state index in [1.165, 1.54) is 29.2 Å². The summed E-state index contributed by atoms with van der Waals surface area (Å²) in [4.78, 5) is 28.2. The van der Waals surface area contributed by atoms with Gasteiger partial charge in [-0.25, -0.2) is 8.42 Å². The van der Waals surface area contributed by atoms with Crippen molar-refractivity contribution >= 4 is 62.3 Å². The summed E-state index contributed by atoms with van der Waals surface area (Å²) >= 11 is 18.5. The van der Waals surface area contributed by atoms with Gasteiger partial charge in [0.25, 0.3) is 10.0 Å². The van der Waals surface area contributed by atoms with Crippen molar-refractivity contribution in [2.24, 2.45) is 0 Å². The van der Waals surface area contributed by atoms with Gasteiger partial charge in [0.1, 0.15) is 12.6 Å². The van der Waals surface area contributed by atoms with Crippen molar-refractivity contribution in [2.45, 2.75) is 37.8 Å². The lowest BCUT2D eigenvalue weighted by atomic mass is 10.1. The molecule has 38 heavy (non-hydrogen) atoms. The number of hydrogen-bond donors (Lipinski definition) is 1. The van der Waals surface area contributed by atoms with Crippen LogP contribution >= 0.6 is 34.8 Å². The molecule has 3 rings (SSSR count). The van der Waals surface area contributed by atoms with E-state index >= 15 is 0 Å². The molecule has 0 heterocycles. The minimum atomic E-state index is -4.15. The van der Waals surface area contributed by atoms with E-state index in [9.17, 15) is 18.0 Å². The highest BCUT2D eigenvalue weighted by Crippen LogP contribution is 2.27. The van der Waals surface area contributed by atoms with Gasteiger partial charge in [-0.2, -0.15) is 0 Å². The first kappa shape index (κ1) is 29.8. The van der Waals surface area contributed by atoms with Crippen LogP contribution in [0, 0.1) is 0 Å². The Morgan fingerprint density at radius 2 is 1.53 bits per heavy atom. The summed E-state index contributed by atoms with van der Waals surface area (Å²) in [6.07, 6.45) is 0.301. The first-order valence-electron chi connectivity index (χ1n) is 11.9. The van der Waals surface area contributed by atoms with Gasteiger partial charge in [0, 0.05) is 28.2 Å². The van der Waals surface area contributed by atoms with Crippen LogP contribution in [0.3, 0.4) is 0 Å². The molecule has 1 N–H and O–H groups in total. The van der Waals surface area contributed by atoms with Gasteiger partial charge in [-0.15, -0.1) is 0 Å². The maximum Gasteiger partial charge on any atom is 0.264 e. The monoisotopic (exact) mass is 595 g/mol. The van der Waals surface area contributed by atoms with E-state index in [0.717, 1.165) is 4.31 Å². The number of carbonyl (C=O) groups is 2. The molecule has 7 nitrogen and oxygen atoms in total. The minimum absolute atomic E-state index is 0.0193. The van der Waals surface area contributed by atoms with Crippen LogP contribution < -0.4 is 9.62 Å². The number of benzene rings is 3. The van der Waals surface area contributed by atoms with Gasteiger partial charge in [0.2, 0.25) is 11.8 Å². The number of sulfonamides is 1. The average Bonchev–Trinajstić information content (AvgIpc) is 2.89. The Labute approximate surface area is 238 Å². The third-order valence-electron chi connectivity index (χ3n) is 5.82. The molecule has 2 amide bonds. The first-order valence-corrected chi connectivity index (χ1v) is 14.5. The number of likely N-dealkylation sites (N-methyl/N-ethyl adjacent to an activating group) is 1. The molecule has 1 atom stereocenters. The lowest BCUT2D eigenvalue weighted by Gasteiger charge is -2.33. The van der Waals surface area contributed by atoms with Crippen LogP contribution in [0.25, 0.3) is 0 Å². The second kappa shape index (κ2) is 13.3. The van der Waals surface area contributed by atoms with E-state index < -0.39 is 28.5 Å². The van der Waals surface area contributed by atoms with Crippen molar-refractivity contribution in [3.63, 3.8) is 0 Å². The molecule has 0 saturated carbocycles. The summed E-state index contributed by atoms with van der Waals surface area (Å²) in [7, 11) is -4.15. The second-order valence-electron chi connectivity index (χ2n) is 8.38. The largest absolute Gasteiger partial charge is 0.355 e. The van der Waals surface area contributed by atoms with Gasteiger partial charge >= 0.3 is 0 Å². The molecule has 0 fully saturated rings. The van der Waals surface area contributed by atoms with Crippen molar-refractivity contribution in [3.05, 3.63) is 93.4 Å². The molecule has 202 valence electrons. The van der Waals surface area contributed by atoms with E-state index in [1.807, 2.05) is 0 Å². The first-order chi connectivity index (χ1) is 18.1. The summed E-state index contributed by atoms with van der Waals surface area (Å²) in [5, 5.41) is 3.92. The van der Waals surface area contributed by atoms with E-state index in [2.05, 4.69) is 5.32 Å². The Hall–Kier alpha value is -2.78. The van der Waals surface area contributed by atoms with Crippen molar-refractivity contribution in [1.29, 1.82) is 0 Å². The predicted molar refractivity (Wildman–Crippen MR) is 152 cm³/mol. The molecule has 0 spiro atoms. The average molecular weight is 597 g/mol. The number of anilines is 1. The van der Waals surface area contributed by atoms with E-state index in [-0.39, 0.29) is 23.0 Å². The third-order valence-corrected chi connectivity index (χ3v) is 8.44. The highest BCUT2D eigenvalue weighted by atomic mass is 35.5. The minimum Gasteiger partial charge on any atom is -0.355 e. The highest BCUT2D eigenvalue weighted by molar-refractivity contribution is 7.92. The fourth-order valence-electron chi connectivity index (χ4n) is 3.90. The number of rotatable bonds is 11.